The number of carbonyl (C=O) groups is 1. The lowest BCUT2D eigenvalue weighted by atomic mass is 10.1. The summed E-state index contributed by atoms with van der Waals surface area (Å²) in [7, 11) is 1.65. The zero-order valence-corrected chi connectivity index (χ0v) is 12.4. The molecule has 1 amide bonds. The van der Waals surface area contributed by atoms with Gasteiger partial charge in [0.2, 0.25) is 0 Å². The van der Waals surface area contributed by atoms with Crippen LogP contribution in [0.15, 0.2) is 30.5 Å². The van der Waals surface area contributed by atoms with E-state index >= 15 is 0 Å². The summed E-state index contributed by atoms with van der Waals surface area (Å²) in [5, 5.41) is 8.06. The van der Waals surface area contributed by atoms with Gasteiger partial charge in [-0.15, -0.1) is 0 Å². The summed E-state index contributed by atoms with van der Waals surface area (Å²) in [6.07, 6.45) is 1.70. The fourth-order valence-corrected chi connectivity index (χ4v) is 2.10. The number of rotatable bonds is 7. The van der Waals surface area contributed by atoms with E-state index < -0.39 is 5.91 Å². The monoisotopic (exact) mass is 308 g/mol. The average molecular weight is 309 g/mol. The number of carbonyl (C=O) groups excluding carboxylic acids is 1. The zero-order valence-electron chi connectivity index (χ0n) is 11.7. The fourth-order valence-electron chi connectivity index (χ4n) is 1.91. The summed E-state index contributed by atoms with van der Waals surface area (Å²) < 4.78 is 6.61. The predicted octanol–water partition coefficient (Wildman–Crippen LogP) is 1.36. The van der Waals surface area contributed by atoms with E-state index in [9.17, 15) is 4.79 Å². The lowest BCUT2D eigenvalue weighted by molar-refractivity contribution is 0.0995. The highest BCUT2D eigenvalue weighted by Crippen LogP contribution is 2.19. The molecule has 0 aliphatic heterocycles. The van der Waals surface area contributed by atoms with E-state index in [-0.39, 0.29) is 5.69 Å². The molecule has 2 aromatic rings. The number of nitrogens with two attached hydrogens (primary N) is 1. The maximum absolute atomic E-state index is 11.1. The molecular weight excluding hydrogens is 292 g/mol. The van der Waals surface area contributed by atoms with E-state index in [4.69, 9.17) is 22.1 Å². The molecule has 0 aliphatic carbocycles. The summed E-state index contributed by atoms with van der Waals surface area (Å²) in [6, 6.07) is 7.08. The molecule has 0 atom stereocenters. The first-order valence-electron chi connectivity index (χ1n) is 6.45. The van der Waals surface area contributed by atoms with Gasteiger partial charge in [0.15, 0.2) is 0 Å². The molecule has 0 saturated heterocycles. The number of primary amides is 1. The number of aromatic nitrogens is 2. The highest BCUT2D eigenvalue weighted by molar-refractivity contribution is 6.30. The van der Waals surface area contributed by atoms with Crippen molar-refractivity contribution in [2.24, 2.45) is 5.73 Å². The first-order valence-corrected chi connectivity index (χ1v) is 6.83. The summed E-state index contributed by atoms with van der Waals surface area (Å²) in [6.45, 7) is 1.97. The van der Waals surface area contributed by atoms with Gasteiger partial charge in [-0.1, -0.05) is 11.6 Å². The first kappa shape index (κ1) is 15.5. The van der Waals surface area contributed by atoms with Crippen LogP contribution in [0.2, 0.25) is 5.02 Å². The Morgan fingerprint density at radius 3 is 2.95 bits per heavy atom. The van der Waals surface area contributed by atoms with Crippen molar-refractivity contribution in [3.05, 3.63) is 46.7 Å². The van der Waals surface area contributed by atoms with Gasteiger partial charge in [0.1, 0.15) is 5.69 Å². The predicted molar refractivity (Wildman–Crippen MR) is 80.7 cm³/mol. The maximum Gasteiger partial charge on any atom is 0.269 e. The molecule has 2 rings (SSSR count). The van der Waals surface area contributed by atoms with Gasteiger partial charge in [0.05, 0.1) is 12.3 Å². The zero-order chi connectivity index (χ0) is 15.2. The summed E-state index contributed by atoms with van der Waals surface area (Å²) in [5.74, 6) is -0.553. The number of ether oxygens (including phenoxy) is 1. The van der Waals surface area contributed by atoms with Gasteiger partial charge in [0, 0.05) is 31.4 Å². The Hall–Kier alpha value is -1.89. The van der Waals surface area contributed by atoms with Crippen molar-refractivity contribution in [3.63, 3.8) is 0 Å². The van der Waals surface area contributed by atoms with E-state index in [2.05, 4.69) is 10.4 Å². The van der Waals surface area contributed by atoms with Gasteiger partial charge in [0.25, 0.3) is 5.91 Å². The van der Waals surface area contributed by atoms with Crippen LogP contribution < -0.4 is 11.1 Å². The molecule has 1 aromatic heterocycles. The number of hydrogen-bond acceptors (Lipinski definition) is 4. The van der Waals surface area contributed by atoms with Crippen LogP contribution in [0.3, 0.4) is 0 Å². The topological polar surface area (TPSA) is 82.2 Å². The van der Waals surface area contributed by atoms with Gasteiger partial charge in [-0.05, 0) is 29.8 Å². The van der Waals surface area contributed by atoms with Crippen LogP contribution in [0.1, 0.15) is 16.1 Å². The van der Waals surface area contributed by atoms with Crippen molar-refractivity contribution in [2.45, 2.75) is 6.54 Å². The highest BCUT2D eigenvalue weighted by atomic mass is 35.5. The molecule has 6 nitrogen and oxygen atoms in total. The number of halogens is 1. The maximum atomic E-state index is 11.1. The third-order valence-corrected chi connectivity index (χ3v) is 3.16. The summed E-state index contributed by atoms with van der Waals surface area (Å²) in [5.41, 5.74) is 7.26. The number of benzene rings is 1. The SMILES string of the molecule is COCCNCc1cc(Cl)ccc1-n1ccc(C(N)=O)n1. The molecule has 0 bridgehead atoms. The molecule has 0 aliphatic rings. The minimum absolute atomic E-state index is 0.225. The van der Waals surface area contributed by atoms with Gasteiger partial charge in [-0.25, -0.2) is 4.68 Å². The number of methoxy groups -OCH3 is 1. The quantitative estimate of drug-likeness (QED) is 0.757. The van der Waals surface area contributed by atoms with E-state index in [1.54, 1.807) is 30.1 Å². The molecule has 112 valence electrons. The summed E-state index contributed by atoms with van der Waals surface area (Å²) >= 11 is 6.04. The molecule has 0 spiro atoms. The van der Waals surface area contributed by atoms with Crippen molar-refractivity contribution in [3.8, 4) is 5.69 Å². The highest BCUT2D eigenvalue weighted by Gasteiger charge is 2.10. The van der Waals surface area contributed by atoms with Crippen LogP contribution in [0.4, 0.5) is 0 Å². The smallest absolute Gasteiger partial charge is 0.269 e. The largest absolute Gasteiger partial charge is 0.383 e. The van der Waals surface area contributed by atoms with Crippen LogP contribution in [-0.2, 0) is 11.3 Å². The van der Waals surface area contributed by atoms with Crippen molar-refractivity contribution in [1.82, 2.24) is 15.1 Å². The molecule has 0 fully saturated rings. The minimum Gasteiger partial charge on any atom is -0.383 e. The van der Waals surface area contributed by atoms with Crippen LogP contribution in [0.5, 0.6) is 0 Å². The second kappa shape index (κ2) is 7.21. The fraction of sp³-hybridized carbons (Fsp3) is 0.286. The lowest BCUT2D eigenvalue weighted by Crippen LogP contribution is -2.19. The average Bonchev–Trinajstić information content (AvgIpc) is 2.93. The molecule has 0 unspecified atom stereocenters. The Bertz CT molecular complexity index is 627. The number of hydrogen-bond donors (Lipinski definition) is 2. The van der Waals surface area contributed by atoms with E-state index in [0.29, 0.717) is 18.2 Å². The Morgan fingerprint density at radius 2 is 2.29 bits per heavy atom. The molecule has 7 heteroatoms. The Morgan fingerprint density at radius 1 is 1.48 bits per heavy atom. The van der Waals surface area contributed by atoms with Crippen LogP contribution in [0, 0.1) is 0 Å². The minimum atomic E-state index is -0.553. The van der Waals surface area contributed by atoms with Crippen LogP contribution >= 0.6 is 11.6 Å². The lowest BCUT2D eigenvalue weighted by Gasteiger charge is -2.11. The second-order valence-electron chi connectivity index (χ2n) is 4.45. The number of amides is 1. The van der Waals surface area contributed by atoms with Crippen LogP contribution in [0.25, 0.3) is 5.69 Å². The Labute approximate surface area is 127 Å². The van der Waals surface area contributed by atoms with E-state index in [1.807, 2.05) is 12.1 Å². The van der Waals surface area contributed by atoms with Crippen molar-refractivity contribution < 1.29 is 9.53 Å². The number of nitrogens with one attached hydrogen (secondary N) is 1. The molecule has 21 heavy (non-hydrogen) atoms. The summed E-state index contributed by atoms with van der Waals surface area (Å²) in [4.78, 5) is 11.1. The van der Waals surface area contributed by atoms with E-state index in [0.717, 1.165) is 17.8 Å². The first-order chi connectivity index (χ1) is 10.1. The second-order valence-corrected chi connectivity index (χ2v) is 4.89. The van der Waals surface area contributed by atoms with Gasteiger partial charge in [-0.2, -0.15) is 5.10 Å². The standard InChI is InChI=1S/C14H17ClN4O2/c1-21-7-5-17-9-10-8-11(15)2-3-13(10)19-6-4-12(18-19)14(16)20/h2-4,6,8,17H,5,7,9H2,1H3,(H2,16,20). The Balaban J connectivity index is 2.22. The van der Waals surface area contributed by atoms with Crippen molar-refractivity contribution in [2.75, 3.05) is 20.3 Å². The third kappa shape index (κ3) is 4.04. The van der Waals surface area contributed by atoms with Gasteiger partial charge < -0.3 is 15.8 Å². The molecule has 1 heterocycles. The number of nitrogens with zero attached hydrogens (tertiary/aromatic N) is 2. The normalized spacial score (nSPS) is 10.8. The molecule has 3 N–H and O–H groups in total. The molecule has 1 aromatic carbocycles. The van der Waals surface area contributed by atoms with Crippen molar-refractivity contribution in [1.29, 1.82) is 0 Å². The Kier molecular flexibility index (Phi) is 5.32. The van der Waals surface area contributed by atoms with Crippen LogP contribution in [-0.4, -0.2) is 35.9 Å². The third-order valence-electron chi connectivity index (χ3n) is 2.93. The van der Waals surface area contributed by atoms with Gasteiger partial charge in [-0.3, -0.25) is 4.79 Å². The molecule has 0 radical (unpaired) electrons. The van der Waals surface area contributed by atoms with Crippen molar-refractivity contribution >= 4 is 17.5 Å². The van der Waals surface area contributed by atoms with E-state index in [1.165, 1.54) is 0 Å². The molecule has 0 saturated carbocycles. The van der Waals surface area contributed by atoms with Gasteiger partial charge >= 0.3 is 0 Å². The molecular formula is C14H17ClN4O2.